The van der Waals surface area contributed by atoms with E-state index in [1.807, 2.05) is 6.08 Å². The van der Waals surface area contributed by atoms with E-state index in [9.17, 15) is 13.0 Å². The lowest BCUT2D eigenvalue weighted by Gasteiger charge is -2.09. The largest absolute Gasteiger partial charge is 0.305 e. The number of hydrogen-bond acceptors (Lipinski definition) is 7. The van der Waals surface area contributed by atoms with Gasteiger partial charge >= 0.3 is 0 Å². The fourth-order valence-corrected chi connectivity index (χ4v) is 3.16. The Morgan fingerprint density at radius 3 is 2.52 bits per heavy atom. The van der Waals surface area contributed by atoms with Crippen molar-refractivity contribution in [2.45, 2.75) is 11.3 Å². The zero-order valence-electron chi connectivity index (χ0n) is 12.9. The van der Waals surface area contributed by atoms with Crippen LogP contribution in [0.2, 0.25) is 0 Å². The minimum Gasteiger partial charge on any atom is -0.305 e. The zero-order chi connectivity index (χ0) is 17.9. The van der Waals surface area contributed by atoms with Crippen LogP contribution in [0.3, 0.4) is 0 Å². The molecular formula is C15H14N6O3S. The minimum absolute atomic E-state index is 0.111. The summed E-state index contributed by atoms with van der Waals surface area (Å²) >= 11 is 0. The van der Waals surface area contributed by atoms with Crippen LogP contribution < -0.4 is 5.84 Å². The predicted molar refractivity (Wildman–Crippen MR) is 93.0 cm³/mol. The van der Waals surface area contributed by atoms with E-state index in [1.165, 1.54) is 6.07 Å². The molecule has 1 heterocycles. The Balaban J connectivity index is 2.26. The molecule has 0 atom stereocenters. The Hall–Kier alpha value is -2.98. The third-order valence-corrected chi connectivity index (χ3v) is 4.40. The van der Waals surface area contributed by atoms with Crippen LogP contribution in [0.15, 0.2) is 72.6 Å². The summed E-state index contributed by atoms with van der Waals surface area (Å²) in [5.74, 6) is 5.17. The van der Waals surface area contributed by atoms with Crippen LogP contribution in [0.1, 0.15) is 6.42 Å². The maximum atomic E-state index is 11.7. The van der Waals surface area contributed by atoms with Gasteiger partial charge in [-0.2, -0.15) is 8.42 Å². The maximum Gasteiger partial charge on any atom is 0.295 e. The second kappa shape index (κ2) is 6.87. The van der Waals surface area contributed by atoms with Crippen molar-refractivity contribution in [2.24, 2.45) is 31.4 Å². The van der Waals surface area contributed by atoms with Crippen molar-refractivity contribution in [1.82, 2.24) is 0 Å². The highest BCUT2D eigenvalue weighted by molar-refractivity contribution is 7.86. The number of fused-ring (bicyclic) bond motifs is 1. The third kappa shape index (κ3) is 3.59. The number of allylic oxidation sites excluding steroid dienone is 1. The number of rotatable bonds is 4. The monoisotopic (exact) mass is 358 g/mol. The molecule has 3 N–H and O–H groups in total. The summed E-state index contributed by atoms with van der Waals surface area (Å²) in [5, 5.41) is 15.9. The molecule has 3 rings (SSSR count). The van der Waals surface area contributed by atoms with Gasteiger partial charge in [-0.05, 0) is 12.5 Å². The molecule has 0 saturated heterocycles. The number of nitrogens with zero attached hydrogens (tertiary/aromatic N) is 5. The van der Waals surface area contributed by atoms with Crippen LogP contribution in [0.5, 0.6) is 0 Å². The van der Waals surface area contributed by atoms with Gasteiger partial charge in [-0.15, -0.1) is 15.3 Å². The summed E-state index contributed by atoms with van der Waals surface area (Å²) in [5.41, 5.74) is 0.909. The maximum absolute atomic E-state index is 11.7. The molecular weight excluding hydrogens is 344 g/mol. The minimum atomic E-state index is -4.47. The number of aliphatic imine (C=N–C) groups is 1. The molecule has 128 valence electrons. The van der Waals surface area contributed by atoms with Gasteiger partial charge in [0.25, 0.3) is 10.1 Å². The summed E-state index contributed by atoms with van der Waals surface area (Å²) in [6, 6.07) is 7.71. The van der Waals surface area contributed by atoms with Crippen LogP contribution in [0.4, 0.5) is 11.4 Å². The molecule has 1 aliphatic rings. The van der Waals surface area contributed by atoms with Gasteiger partial charge < -0.3 is 5.84 Å². The van der Waals surface area contributed by atoms with Crippen molar-refractivity contribution in [1.29, 1.82) is 0 Å². The topological polar surface area (TPSA) is 142 Å². The lowest BCUT2D eigenvalue weighted by atomic mass is 10.1. The molecule has 0 spiro atoms. The van der Waals surface area contributed by atoms with E-state index in [0.717, 1.165) is 6.42 Å². The lowest BCUT2D eigenvalue weighted by Crippen LogP contribution is -1.99. The van der Waals surface area contributed by atoms with Gasteiger partial charge in [0.05, 0.1) is 5.70 Å². The van der Waals surface area contributed by atoms with E-state index < -0.39 is 10.1 Å². The quantitative estimate of drug-likeness (QED) is 0.373. The first kappa shape index (κ1) is 16.9. The summed E-state index contributed by atoms with van der Waals surface area (Å²) in [7, 11) is -4.47. The summed E-state index contributed by atoms with van der Waals surface area (Å²) in [6.07, 6.45) is 4.17. The smallest absolute Gasteiger partial charge is 0.295 e. The molecule has 0 unspecified atom stereocenters. The van der Waals surface area contributed by atoms with Crippen LogP contribution in [-0.2, 0) is 10.1 Å². The first-order valence-electron chi connectivity index (χ1n) is 7.26. The van der Waals surface area contributed by atoms with Crippen molar-refractivity contribution in [3.05, 3.63) is 42.1 Å². The molecule has 0 saturated carbocycles. The van der Waals surface area contributed by atoms with E-state index in [2.05, 4.69) is 25.6 Å². The van der Waals surface area contributed by atoms with Gasteiger partial charge in [-0.1, -0.05) is 35.6 Å². The molecule has 25 heavy (non-hydrogen) atoms. The standard InChI is InChI=1S/C15H14N6O3S/c16-21-20-15-12-6-2-1-5-11(12)14(25(22,23)24)8-13(15)19-18-10-4-3-7-17-9-10/h1-2,4-6,8-9H,3,7H2,(H2,16,20)(H,22,23,24)/b19-18+. The molecule has 0 amide bonds. The Kier molecular flexibility index (Phi) is 4.63. The SMILES string of the molecule is NN=Nc1c(/N=N/C2=CCCN=C2)cc(S(=O)(=O)O)c2ccccc12. The van der Waals surface area contributed by atoms with Crippen molar-refractivity contribution in [3.8, 4) is 0 Å². The average molecular weight is 358 g/mol. The van der Waals surface area contributed by atoms with Crippen LogP contribution in [0.25, 0.3) is 10.8 Å². The second-order valence-corrected chi connectivity index (χ2v) is 6.52. The second-order valence-electron chi connectivity index (χ2n) is 5.13. The number of azo groups is 1. The van der Waals surface area contributed by atoms with Crippen molar-refractivity contribution >= 4 is 38.5 Å². The summed E-state index contributed by atoms with van der Waals surface area (Å²) < 4.78 is 33.0. The molecule has 1 aliphatic heterocycles. The van der Waals surface area contributed by atoms with E-state index in [4.69, 9.17) is 5.84 Å². The Bertz CT molecular complexity index is 1040. The molecule has 9 nitrogen and oxygen atoms in total. The first-order chi connectivity index (χ1) is 12.0. The highest BCUT2D eigenvalue weighted by atomic mass is 32.2. The van der Waals surface area contributed by atoms with E-state index in [1.54, 1.807) is 30.5 Å². The molecule has 0 bridgehead atoms. The number of nitrogens with two attached hydrogens (primary N) is 1. The van der Waals surface area contributed by atoms with Crippen LogP contribution in [-0.4, -0.2) is 25.7 Å². The Labute approximate surface area is 143 Å². The third-order valence-electron chi connectivity index (χ3n) is 3.50. The number of dihydropyridines is 1. The van der Waals surface area contributed by atoms with Gasteiger partial charge in [0, 0.05) is 23.5 Å². The Morgan fingerprint density at radius 2 is 1.88 bits per heavy atom. The fourth-order valence-electron chi connectivity index (χ4n) is 2.44. The van der Waals surface area contributed by atoms with E-state index in [0.29, 0.717) is 17.6 Å². The predicted octanol–water partition coefficient (Wildman–Crippen LogP) is 3.49. The molecule has 0 fully saturated rings. The molecule has 0 aliphatic carbocycles. The van der Waals surface area contributed by atoms with Gasteiger partial charge in [0.1, 0.15) is 16.3 Å². The molecule has 0 aromatic heterocycles. The van der Waals surface area contributed by atoms with Gasteiger partial charge in [-0.3, -0.25) is 9.55 Å². The number of hydrogen-bond donors (Lipinski definition) is 2. The summed E-state index contributed by atoms with van der Waals surface area (Å²) in [4.78, 5) is 3.80. The first-order valence-corrected chi connectivity index (χ1v) is 8.70. The van der Waals surface area contributed by atoms with E-state index in [-0.39, 0.29) is 21.7 Å². The van der Waals surface area contributed by atoms with Crippen molar-refractivity contribution in [2.75, 3.05) is 6.54 Å². The Morgan fingerprint density at radius 1 is 1.12 bits per heavy atom. The van der Waals surface area contributed by atoms with Crippen molar-refractivity contribution < 1.29 is 13.0 Å². The lowest BCUT2D eigenvalue weighted by molar-refractivity contribution is 0.484. The molecule has 0 radical (unpaired) electrons. The highest BCUT2D eigenvalue weighted by Crippen LogP contribution is 2.40. The zero-order valence-corrected chi connectivity index (χ0v) is 13.8. The highest BCUT2D eigenvalue weighted by Gasteiger charge is 2.19. The van der Waals surface area contributed by atoms with Gasteiger partial charge in [0.2, 0.25) is 0 Å². The fraction of sp³-hybridized carbons (Fsp3) is 0.133. The molecule has 2 aromatic rings. The van der Waals surface area contributed by atoms with Crippen LogP contribution >= 0.6 is 0 Å². The number of benzene rings is 2. The van der Waals surface area contributed by atoms with E-state index >= 15 is 0 Å². The summed E-state index contributed by atoms with van der Waals surface area (Å²) in [6.45, 7) is 0.689. The molecule has 10 heteroatoms. The van der Waals surface area contributed by atoms with Gasteiger partial charge in [0.15, 0.2) is 0 Å². The average Bonchev–Trinajstić information content (AvgIpc) is 2.61. The normalized spacial score (nSPS) is 15.3. The van der Waals surface area contributed by atoms with Gasteiger partial charge in [-0.25, -0.2) is 0 Å². The van der Waals surface area contributed by atoms with Crippen molar-refractivity contribution in [3.63, 3.8) is 0 Å². The van der Waals surface area contributed by atoms with Crippen LogP contribution in [0, 0.1) is 0 Å². The molecule has 2 aromatic carbocycles.